The molecular formula is CH4O8P2S. The maximum atomic E-state index is 8.77. The van der Waals surface area contributed by atoms with Gasteiger partial charge < -0.3 is 33.9 Å². The van der Waals surface area contributed by atoms with E-state index < -0.39 is 15.6 Å². The number of hydrogen-bond acceptors (Lipinski definition) is 6. The molecule has 0 heterocycles. The van der Waals surface area contributed by atoms with Gasteiger partial charge in [0.1, 0.15) is 0 Å². The van der Waals surface area contributed by atoms with Crippen LogP contribution in [0.4, 0.5) is 0 Å². The molecule has 0 amide bonds. The molecule has 0 aliphatic carbocycles. The van der Waals surface area contributed by atoms with E-state index in [9.17, 15) is 0 Å². The third-order valence-electron chi connectivity index (χ3n) is 0. The van der Waals surface area contributed by atoms with Gasteiger partial charge in [-0.15, -0.1) is 0 Å². The van der Waals surface area contributed by atoms with Crippen LogP contribution in [0.2, 0.25) is 0 Å². The van der Waals surface area contributed by atoms with Crippen molar-refractivity contribution in [3.8, 4) is 0 Å². The molecule has 11 heteroatoms. The summed E-state index contributed by atoms with van der Waals surface area (Å²) in [7, 11) is -10.3. The van der Waals surface area contributed by atoms with E-state index in [0.29, 0.717) is 0 Å². The quantitative estimate of drug-likeness (QED) is 0.400. The molecule has 0 aliphatic heterocycles. The Morgan fingerprint density at radius 3 is 0.917 bits per heavy atom. The van der Waals surface area contributed by atoms with Crippen molar-refractivity contribution >= 4 is 29.1 Å². The van der Waals surface area contributed by atoms with Crippen molar-refractivity contribution < 1.29 is 38.5 Å². The molecule has 0 spiro atoms. The summed E-state index contributed by atoms with van der Waals surface area (Å²) in [6.07, 6.45) is 0. The summed E-state index contributed by atoms with van der Waals surface area (Å²) >= 11 is 0. The Morgan fingerprint density at radius 1 is 0.917 bits per heavy atom. The van der Waals surface area contributed by atoms with Crippen molar-refractivity contribution in [1.29, 1.82) is 0 Å². The van der Waals surface area contributed by atoms with E-state index in [0.717, 1.165) is 0 Å². The molecule has 72 valence electrons. The molecule has 0 aromatic heterocycles. The zero-order valence-electron chi connectivity index (χ0n) is 5.24. The van der Waals surface area contributed by atoms with E-state index in [-0.39, 0.29) is 20.9 Å². The van der Waals surface area contributed by atoms with Crippen molar-refractivity contribution in [2.45, 2.75) is 0 Å². The summed E-state index contributed by atoms with van der Waals surface area (Å²) in [4.78, 5) is 48.6. The summed E-state index contributed by atoms with van der Waals surface area (Å²) in [5.41, 5.74) is 0. The Kier molecular flexibility index (Phi) is 15.6. The molecule has 8 nitrogen and oxygen atoms in total. The van der Waals surface area contributed by atoms with Gasteiger partial charge in [-0.25, -0.2) is 0 Å². The van der Waals surface area contributed by atoms with Crippen molar-refractivity contribution in [2.75, 3.05) is 0 Å². The first-order valence-electron chi connectivity index (χ1n) is 1.50. The van der Waals surface area contributed by atoms with Crippen molar-refractivity contribution in [2.24, 2.45) is 0 Å². The number of phosphoric acid groups is 2. The first kappa shape index (κ1) is 22.9. The predicted octanol–water partition coefficient (Wildman–Crippen LogP) is -4.19. The Hall–Kier alpha value is 0.570. The van der Waals surface area contributed by atoms with E-state index in [1.807, 2.05) is 0 Å². The maximum absolute atomic E-state index is 8.77. The minimum absolute atomic E-state index is 0. The molecule has 0 rings (SSSR count). The van der Waals surface area contributed by atoms with Crippen LogP contribution in [0.5, 0.6) is 0 Å². The van der Waals surface area contributed by atoms with Crippen LogP contribution in [-0.2, 0) is 9.13 Å². The third-order valence-corrected chi connectivity index (χ3v) is 0. The SMILES string of the molecule is O=P([O-])(O)O.O=P([O-])([O-])[O-].S.[C+4]. The maximum Gasteiger partial charge on any atom is 4.00 e. The molecule has 0 aromatic carbocycles. The van der Waals surface area contributed by atoms with Crippen molar-refractivity contribution in [3.63, 3.8) is 0 Å². The van der Waals surface area contributed by atoms with Gasteiger partial charge in [0.2, 0.25) is 0 Å². The van der Waals surface area contributed by atoms with Gasteiger partial charge in [-0.2, -0.15) is 21.3 Å². The molecule has 0 bridgehead atoms. The largest absolute Gasteiger partial charge is 4.00 e. The van der Waals surface area contributed by atoms with Gasteiger partial charge >= 0.3 is 7.43 Å². The fraction of sp³-hybridized carbons (Fsp3) is 0. The minimum atomic E-state index is -5.39. The van der Waals surface area contributed by atoms with Crippen LogP contribution >= 0.6 is 29.1 Å². The molecule has 0 radical (unpaired) electrons. The van der Waals surface area contributed by atoms with Crippen molar-refractivity contribution in [3.05, 3.63) is 7.43 Å². The summed E-state index contributed by atoms with van der Waals surface area (Å²) in [6, 6.07) is 0. The average molecular weight is 238 g/mol. The molecule has 2 N–H and O–H groups in total. The summed E-state index contributed by atoms with van der Waals surface area (Å²) < 4.78 is 17.3. The zero-order valence-corrected chi connectivity index (χ0v) is 8.03. The normalized spacial score (nSPS) is 9.83. The summed E-state index contributed by atoms with van der Waals surface area (Å²) in [5, 5.41) is 0. The van der Waals surface area contributed by atoms with Gasteiger partial charge in [0.15, 0.2) is 0 Å². The zero-order chi connectivity index (χ0) is 9.00. The van der Waals surface area contributed by atoms with Gasteiger partial charge in [-0.1, -0.05) is 0 Å². The molecule has 0 fully saturated rings. The monoisotopic (exact) mass is 238 g/mol. The second-order valence-corrected chi connectivity index (χ2v) is 2.81. The van der Waals surface area contributed by atoms with Crippen LogP contribution in [-0.4, -0.2) is 9.79 Å². The van der Waals surface area contributed by atoms with Crippen molar-refractivity contribution in [1.82, 2.24) is 0 Å². The van der Waals surface area contributed by atoms with Crippen LogP contribution in [0.25, 0.3) is 0 Å². The third kappa shape index (κ3) is 2980. The van der Waals surface area contributed by atoms with Crippen LogP contribution in [0.15, 0.2) is 0 Å². The van der Waals surface area contributed by atoms with E-state index in [1.165, 1.54) is 0 Å². The molecule has 0 saturated heterocycles. The minimum Gasteiger partial charge on any atom is -0.822 e. The van der Waals surface area contributed by atoms with E-state index in [1.54, 1.807) is 0 Å². The molecule has 12 heavy (non-hydrogen) atoms. The Bertz CT molecular complexity index is 129. The van der Waals surface area contributed by atoms with Gasteiger partial charge in [0, 0.05) is 0 Å². The first-order valence-corrected chi connectivity index (χ1v) is 4.49. The van der Waals surface area contributed by atoms with Gasteiger partial charge in [-0.05, 0) is 0 Å². The van der Waals surface area contributed by atoms with Gasteiger partial charge in [-0.3, -0.25) is 4.57 Å². The molecule has 0 atom stereocenters. The Morgan fingerprint density at radius 2 is 0.917 bits per heavy atom. The second kappa shape index (κ2) is 8.18. The standard InChI is InChI=1S/C.2H3O4P.H2S/c;2*1-5(2,3)4;/h;2*(H3,1,2,3,4);1H2/q+4;;;/p-4. The fourth-order valence-electron chi connectivity index (χ4n) is 0. The van der Waals surface area contributed by atoms with Crippen LogP contribution < -0.4 is 19.6 Å². The summed E-state index contributed by atoms with van der Waals surface area (Å²) in [6.45, 7) is 0. The van der Waals surface area contributed by atoms with E-state index in [4.69, 9.17) is 38.5 Å². The second-order valence-electron chi connectivity index (χ2n) is 0.938. The fourth-order valence-corrected chi connectivity index (χ4v) is 0. The molecular weight excluding hydrogens is 234 g/mol. The molecule has 0 aromatic rings. The van der Waals surface area contributed by atoms with E-state index >= 15 is 0 Å². The first-order chi connectivity index (χ1) is 4.00. The van der Waals surface area contributed by atoms with Gasteiger partial charge in [0.25, 0.3) is 7.82 Å². The molecule has 0 saturated carbocycles. The number of hydrogen-bond donors (Lipinski definition) is 2. The van der Waals surface area contributed by atoms with Crippen LogP contribution in [0.1, 0.15) is 0 Å². The average Bonchev–Trinajstić information content (AvgIpc) is 1.12. The topological polar surface area (TPSA) is 167 Å². The van der Waals surface area contributed by atoms with Crippen LogP contribution in [0.3, 0.4) is 0 Å². The van der Waals surface area contributed by atoms with Crippen LogP contribution in [0, 0.1) is 7.43 Å². The Labute approximate surface area is 75.8 Å². The number of rotatable bonds is 0. The predicted molar refractivity (Wildman–Crippen MR) is 33.3 cm³/mol. The summed E-state index contributed by atoms with van der Waals surface area (Å²) in [5.74, 6) is 0. The van der Waals surface area contributed by atoms with E-state index in [2.05, 4.69) is 0 Å². The smallest absolute Gasteiger partial charge is 0.822 e. The molecule has 0 aliphatic rings. The Balaban J connectivity index is -0.0000000457. The van der Waals surface area contributed by atoms with Gasteiger partial charge in [0.05, 0.1) is 0 Å². The molecule has 0 unspecified atom stereocenters.